The number of hydrogen-bond acceptors (Lipinski definition) is 7. The molecule has 0 radical (unpaired) electrons. The molecule has 0 amide bonds. The average molecular weight is 625 g/mol. The van der Waals surface area contributed by atoms with Gasteiger partial charge in [0.15, 0.2) is 0 Å². The standard InChI is InChI=1S/C39H44O7/c1-38(2,29-9-17-34(18-10-29)44-25-36-26-45-36)27-5-13-32(14-6-27)42-23-31(40)24-43-33-15-7-28(8-16-33)39(3,4)30-11-19-35(20-12-30)46-37-21-22-41-37/h5-20,31,36-37,40H,21-26H2,1-4H3. The Hall–Kier alpha value is -4.04. The van der Waals surface area contributed by atoms with Crippen molar-refractivity contribution in [2.45, 2.75) is 63.4 Å². The lowest BCUT2D eigenvalue weighted by molar-refractivity contribution is -0.165. The highest BCUT2D eigenvalue weighted by atomic mass is 16.7. The van der Waals surface area contributed by atoms with Crippen LogP contribution in [0.15, 0.2) is 97.1 Å². The van der Waals surface area contributed by atoms with Crippen LogP contribution in [0.2, 0.25) is 0 Å². The second-order valence-corrected chi connectivity index (χ2v) is 13.1. The van der Waals surface area contributed by atoms with E-state index in [9.17, 15) is 5.11 Å². The van der Waals surface area contributed by atoms with Gasteiger partial charge in [0.25, 0.3) is 0 Å². The Balaban J connectivity index is 0.955. The Bertz CT molecular complexity index is 1540. The number of aliphatic hydroxyl groups excluding tert-OH is 1. The summed E-state index contributed by atoms with van der Waals surface area (Å²) in [7, 11) is 0. The Labute approximate surface area is 272 Å². The topological polar surface area (TPSA) is 78.9 Å². The molecule has 3 atom stereocenters. The van der Waals surface area contributed by atoms with Crippen molar-refractivity contribution < 1.29 is 33.5 Å². The predicted molar refractivity (Wildman–Crippen MR) is 177 cm³/mol. The lowest BCUT2D eigenvalue weighted by Crippen LogP contribution is -2.32. The maximum Gasteiger partial charge on any atom is 0.202 e. The molecular formula is C39H44O7. The van der Waals surface area contributed by atoms with Gasteiger partial charge in [-0.05, 0) is 70.8 Å². The Morgan fingerprint density at radius 2 is 0.978 bits per heavy atom. The summed E-state index contributed by atoms with van der Waals surface area (Å²) in [6, 6.07) is 32.5. The molecule has 0 aliphatic carbocycles. The maximum absolute atomic E-state index is 10.5. The second kappa shape index (κ2) is 13.8. The Morgan fingerprint density at radius 1 is 0.609 bits per heavy atom. The van der Waals surface area contributed by atoms with Crippen molar-refractivity contribution in [3.63, 3.8) is 0 Å². The molecule has 7 heteroatoms. The SMILES string of the molecule is CC(C)(c1ccc(OCC(O)COc2ccc(C(C)(C)c3ccc(OC4CCO4)cc3)cc2)cc1)c1ccc(OCC2CO2)cc1. The summed E-state index contributed by atoms with van der Waals surface area (Å²) >= 11 is 0. The summed E-state index contributed by atoms with van der Waals surface area (Å²) in [6.07, 6.45) is 0.282. The molecule has 7 nitrogen and oxygen atoms in total. The molecule has 242 valence electrons. The van der Waals surface area contributed by atoms with Crippen LogP contribution in [-0.2, 0) is 20.3 Å². The summed E-state index contributed by atoms with van der Waals surface area (Å²) in [4.78, 5) is 0. The van der Waals surface area contributed by atoms with Crippen molar-refractivity contribution in [2.75, 3.05) is 33.0 Å². The van der Waals surface area contributed by atoms with E-state index in [0.29, 0.717) is 18.1 Å². The van der Waals surface area contributed by atoms with Crippen LogP contribution in [0.1, 0.15) is 56.4 Å². The number of benzene rings is 4. The summed E-state index contributed by atoms with van der Waals surface area (Å²) in [5.74, 6) is 3.07. The van der Waals surface area contributed by atoms with Crippen molar-refractivity contribution in [3.05, 3.63) is 119 Å². The molecule has 0 spiro atoms. The third kappa shape index (κ3) is 7.84. The van der Waals surface area contributed by atoms with Crippen LogP contribution in [0, 0.1) is 0 Å². The van der Waals surface area contributed by atoms with Gasteiger partial charge in [-0.1, -0.05) is 76.2 Å². The monoisotopic (exact) mass is 624 g/mol. The molecule has 6 rings (SSSR count). The van der Waals surface area contributed by atoms with Gasteiger partial charge in [-0.2, -0.15) is 0 Å². The third-order valence-electron chi connectivity index (χ3n) is 8.95. The van der Waals surface area contributed by atoms with Gasteiger partial charge in [0.2, 0.25) is 6.29 Å². The summed E-state index contributed by atoms with van der Waals surface area (Å²) in [5.41, 5.74) is 4.31. The zero-order valence-corrected chi connectivity index (χ0v) is 27.1. The van der Waals surface area contributed by atoms with Gasteiger partial charge >= 0.3 is 0 Å². The first-order chi connectivity index (χ1) is 22.2. The van der Waals surface area contributed by atoms with E-state index >= 15 is 0 Å². The fourth-order valence-corrected chi connectivity index (χ4v) is 5.43. The average Bonchev–Trinajstić information content (AvgIpc) is 3.89. The first-order valence-corrected chi connectivity index (χ1v) is 16.1. The van der Waals surface area contributed by atoms with Gasteiger partial charge in [-0.15, -0.1) is 0 Å². The van der Waals surface area contributed by atoms with Gasteiger partial charge in [0.1, 0.15) is 55.0 Å². The molecule has 2 aliphatic rings. The minimum Gasteiger partial charge on any atom is -0.491 e. The molecule has 2 heterocycles. The van der Waals surface area contributed by atoms with Crippen LogP contribution in [0.25, 0.3) is 0 Å². The summed E-state index contributed by atoms with van der Waals surface area (Å²) in [5, 5.41) is 10.5. The molecule has 4 aromatic carbocycles. The molecule has 2 saturated heterocycles. The van der Waals surface area contributed by atoms with Gasteiger partial charge < -0.3 is 33.5 Å². The minimum absolute atomic E-state index is 0.121. The Morgan fingerprint density at radius 3 is 1.33 bits per heavy atom. The maximum atomic E-state index is 10.5. The van der Waals surface area contributed by atoms with Crippen LogP contribution in [-0.4, -0.2) is 56.6 Å². The van der Waals surface area contributed by atoms with E-state index in [1.807, 2.05) is 48.5 Å². The molecule has 4 aromatic rings. The van der Waals surface area contributed by atoms with Gasteiger partial charge in [0.05, 0.1) is 13.2 Å². The van der Waals surface area contributed by atoms with Crippen molar-refractivity contribution in [2.24, 2.45) is 0 Å². The zero-order chi connectivity index (χ0) is 32.1. The zero-order valence-electron chi connectivity index (χ0n) is 27.1. The largest absolute Gasteiger partial charge is 0.491 e. The number of ether oxygens (including phenoxy) is 6. The molecule has 0 bridgehead atoms. The van der Waals surface area contributed by atoms with E-state index in [1.54, 1.807) is 0 Å². The van der Waals surface area contributed by atoms with Crippen LogP contribution in [0.3, 0.4) is 0 Å². The molecule has 2 aliphatic heterocycles. The lowest BCUT2D eigenvalue weighted by atomic mass is 9.78. The van der Waals surface area contributed by atoms with E-state index in [2.05, 4.69) is 76.2 Å². The highest BCUT2D eigenvalue weighted by Gasteiger charge is 2.26. The first kappa shape index (κ1) is 31.9. The first-order valence-electron chi connectivity index (χ1n) is 16.1. The van der Waals surface area contributed by atoms with Crippen molar-refractivity contribution in [1.29, 1.82) is 0 Å². The van der Waals surface area contributed by atoms with Gasteiger partial charge in [-0.3, -0.25) is 0 Å². The van der Waals surface area contributed by atoms with E-state index in [0.717, 1.165) is 36.7 Å². The van der Waals surface area contributed by atoms with Crippen LogP contribution < -0.4 is 18.9 Å². The number of epoxide rings is 1. The number of aliphatic hydroxyl groups is 1. The van der Waals surface area contributed by atoms with E-state index in [-0.39, 0.29) is 36.4 Å². The van der Waals surface area contributed by atoms with Crippen LogP contribution >= 0.6 is 0 Å². The van der Waals surface area contributed by atoms with Gasteiger partial charge in [-0.25, -0.2) is 0 Å². The number of rotatable bonds is 15. The van der Waals surface area contributed by atoms with Crippen LogP contribution in [0.5, 0.6) is 23.0 Å². The number of hydrogen-bond donors (Lipinski definition) is 1. The molecule has 3 unspecified atom stereocenters. The minimum atomic E-state index is -0.773. The molecule has 2 fully saturated rings. The third-order valence-corrected chi connectivity index (χ3v) is 8.95. The molecular weight excluding hydrogens is 580 g/mol. The van der Waals surface area contributed by atoms with Gasteiger partial charge in [0, 0.05) is 17.3 Å². The fraction of sp³-hybridized carbons (Fsp3) is 0.385. The second-order valence-electron chi connectivity index (χ2n) is 13.1. The summed E-state index contributed by atoms with van der Waals surface area (Å²) < 4.78 is 33.9. The smallest absolute Gasteiger partial charge is 0.202 e. The van der Waals surface area contributed by atoms with E-state index in [1.165, 1.54) is 16.7 Å². The lowest BCUT2D eigenvalue weighted by Gasteiger charge is -2.28. The molecule has 0 aromatic heterocycles. The highest BCUT2D eigenvalue weighted by Crippen LogP contribution is 2.35. The van der Waals surface area contributed by atoms with E-state index < -0.39 is 6.10 Å². The quantitative estimate of drug-likeness (QED) is 0.142. The fourth-order valence-electron chi connectivity index (χ4n) is 5.43. The molecule has 46 heavy (non-hydrogen) atoms. The van der Waals surface area contributed by atoms with Crippen molar-refractivity contribution in [3.8, 4) is 23.0 Å². The normalized spacial score (nSPS) is 18.3. The van der Waals surface area contributed by atoms with E-state index in [4.69, 9.17) is 28.4 Å². The summed E-state index contributed by atoms with van der Waals surface area (Å²) in [6.45, 7) is 11.2. The molecule has 1 N–H and O–H groups in total. The predicted octanol–water partition coefficient (Wildman–Crippen LogP) is 7.06. The van der Waals surface area contributed by atoms with Crippen molar-refractivity contribution >= 4 is 0 Å². The molecule has 0 saturated carbocycles. The van der Waals surface area contributed by atoms with Crippen LogP contribution in [0.4, 0.5) is 0 Å². The van der Waals surface area contributed by atoms with Crippen molar-refractivity contribution in [1.82, 2.24) is 0 Å². The highest BCUT2D eigenvalue weighted by molar-refractivity contribution is 5.43. The Kier molecular flexibility index (Phi) is 9.54.